The highest BCUT2D eigenvalue weighted by Gasteiger charge is 2.42. The summed E-state index contributed by atoms with van der Waals surface area (Å²) in [6.45, 7) is 4.84. The average molecular weight is 661 g/mol. The number of carbonyl (C=O) groups is 3. The molecule has 2 heterocycles. The highest BCUT2D eigenvalue weighted by atomic mass is 32.1. The van der Waals surface area contributed by atoms with Gasteiger partial charge in [-0.2, -0.15) is 18.3 Å². The number of amides is 3. The van der Waals surface area contributed by atoms with Gasteiger partial charge < -0.3 is 15.4 Å². The summed E-state index contributed by atoms with van der Waals surface area (Å²) in [4.78, 5) is 41.6. The SMILES string of the molecule is Cn1ncc(NC(=O)c2nc(-c3c(F)cccc3F)sc2NC(=O)OC(C)(C)C)c1C1CCC(F)C(NC(=O)C(F)(F)F)CC1. The number of nitrogens with one attached hydrogen (secondary N) is 3. The van der Waals surface area contributed by atoms with E-state index in [9.17, 15) is 40.7 Å². The number of benzene rings is 1. The lowest BCUT2D eigenvalue weighted by Crippen LogP contribution is -2.46. The normalized spacial score (nSPS) is 19.0. The molecule has 0 bridgehead atoms. The summed E-state index contributed by atoms with van der Waals surface area (Å²) in [6.07, 6.45) is -6.49. The molecule has 1 aliphatic carbocycles. The number of thiazole rings is 1. The molecule has 3 N–H and O–H groups in total. The van der Waals surface area contributed by atoms with Gasteiger partial charge in [-0.3, -0.25) is 19.6 Å². The largest absolute Gasteiger partial charge is 0.471 e. The molecule has 3 unspecified atom stereocenters. The van der Waals surface area contributed by atoms with E-state index < -0.39 is 70.7 Å². The fourth-order valence-electron chi connectivity index (χ4n) is 4.93. The van der Waals surface area contributed by atoms with E-state index in [4.69, 9.17) is 4.74 Å². The van der Waals surface area contributed by atoms with Crippen LogP contribution in [0.1, 0.15) is 68.6 Å². The number of anilines is 2. The van der Waals surface area contributed by atoms with Gasteiger partial charge in [0.1, 0.15) is 33.4 Å². The molecule has 0 saturated heterocycles. The Bertz CT molecular complexity index is 1560. The van der Waals surface area contributed by atoms with E-state index in [0.717, 1.165) is 18.2 Å². The van der Waals surface area contributed by atoms with Crippen LogP contribution in [0.4, 0.5) is 41.8 Å². The van der Waals surface area contributed by atoms with E-state index in [-0.39, 0.29) is 41.4 Å². The topological polar surface area (TPSA) is 127 Å². The van der Waals surface area contributed by atoms with Crippen LogP contribution in [-0.2, 0) is 16.6 Å². The lowest BCUT2D eigenvalue weighted by molar-refractivity contribution is -0.174. The number of aryl methyl sites for hydroxylation is 1. The smallest absolute Gasteiger partial charge is 0.444 e. The van der Waals surface area contributed by atoms with Crippen molar-refractivity contribution in [2.75, 3.05) is 10.6 Å². The first-order valence-electron chi connectivity index (χ1n) is 13.7. The molecular weight excluding hydrogens is 630 g/mol. The fraction of sp³-hybridized carbons (Fsp3) is 0.464. The van der Waals surface area contributed by atoms with E-state index >= 15 is 0 Å². The van der Waals surface area contributed by atoms with Crippen LogP contribution in [0, 0.1) is 11.6 Å². The van der Waals surface area contributed by atoms with E-state index in [1.165, 1.54) is 10.9 Å². The third-order valence-electron chi connectivity index (χ3n) is 6.88. The molecule has 1 saturated carbocycles. The van der Waals surface area contributed by atoms with E-state index in [1.54, 1.807) is 33.1 Å². The Labute approximate surface area is 257 Å². The molecule has 3 aromatic rings. The maximum atomic E-state index is 14.8. The van der Waals surface area contributed by atoms with Gasteiger partial charge in [0.2, 0.25) is 0 Å². The van der Waals surface area contributed by atoms with Crippen LogP contribution in [0.2, 0.25) is 0 Å². The second-order valence-corrected chi connectivity index (χ2v) is 12.4. The zero-order valence-corrected chi connectivity index (χ0v) is 25.3. The van der Waals surface area contributed by atoms with Crippen molar-refractivity contribution in [2.45, 2.75) is 76.4 Å². The summed E-state index contributed by atoms with van der Waals surface area (Å²) in [5, 5.41) is 10.5. The van der Waals surface area contributed by atoms with Crippen molar-refractivity contribution in [3.8, 4) is 10.6 Å². The van der Waals surface area contributed by atoms with Crippen molar-refractivity contribution >= 4 is 39.9 Å². The predicted octanol–water partition coefficient (Wildman–Crippen LogP) is 6.46. The Morgan fingerprint density at radius 3 is 2.29 bits per heavy atom. The van der Waals surface area contributed by atoms with Crippen LogP contribution < -0.4 is 16.0 Å². The molecule has 1 aliphatic rings. The number of nitrogens with zero attached hydrogens (tertiary/aromatic N) is 3. The van der Waals surface area contributed by atoms with Gasteiger partial charge in [-0.25, -0.2) is 22.9 Å². The second-order valence-electron chi connectivity index (χ2n) is 11.4. The van der Waals surface area contributed by atoms with Crippen LogP contribution in [-0.4, -0.2) is 56.7 Å². The second kappa shape index (κ2) is 13.1. The number of carbonyl (C=O) groups excluding carboxylic acids is 3. The molecule has 2 aromatic heterocycles. The highest BCUT2D eigenvalue weighted by molar-refractivity contribution is 7.19. The van der Waals surface area contributed by atoms with E-state index in [0.29, 0.717) is 17.0 Å². The van der Waals surface area contributed by atoms with Crippen LogP contribution in [0.15, 0.2) is 24.4 Å². The van der Waals surface area contributed by atoms with Gasteiger partial charge >= 0.3 is 18.2 Å². The van der Waals surface area contributed by atoms with Gasteiger partial charge in [-0.15, -0.1) is 0 Å². The number of alkyl halides is 4. The summed E-state index contributed by atoms with van der Waals surface area (Å²) in [7, 11) is 1.56. The minimum Gasteiger partial charge on any atom is -0.444 e. The fourth-order valence-corrected chi connectivity index (χ4v) is 5.92. The summed E-state index contributed by atoms with van der Waals surface area (Å²) < 4.78 is 88.9. The summed E-state index contributed by atoms with van der Waals surface area (Å²) in [5.41, 5.74) is -1.22. The molecule has 0 spiro atoms. The van der Waals surface area contributed by atoms with Crippen molar-refractivity contribution in [3.63, 3.8) is 0 Å². The summed E-state index contributed by atoms with van der Waals surface area (Å²) in [6, 6.07) is 1.82. The van der Waals surface area contributed by atoms with Gasteiger partial charge in [-0.05, 0) is 58.6 Å². The van der Waals surface area contributed by atoms with Crippen LogP contribution >= 0.6 is 11.3 Å². The van der Waals surface area contributed by atoms with Gasteiger partial charge in [0.15, 0.2) is 5.69 Å². The molecule has 10 nitrogen and oxygen atoms in total. The van der Waals surface area contributed by atoms with Crippen molar-refractivity contribution in [1.82, 2.24) is 20.1 Å². The van der Waals surface area contributed by atoms with Crippen molar-refractivity contribution in [2.24, 2.45) is 7.05 Å². The van der Waals surface area contributed by atoms with Crippen LogP contribution in [0.25, 0.3) is 10.6 Å². The number of aromatic nitrogens is 3. The van der Waals surface area contributed by atoms with Gasteiger partial charge in [0.25, 0.3) is 5.91 Å². The maximum absolute atomic E-state index is 14.8. The number of hydrogen-bond acceptors (Lipinski definition) is 7. The molecule has 3 atom stereocenters. The third-order valence-corrected chi connectivity index (χ3v) is 7.87. The number of hydrogen-bond donors (Lipinski definition) is 3. The van der Waals surface area contributed by atoms with Gasteiger partial charge in [0.05, 0.1) is 29.2 Å². The molecule has 4 rings (SSSR count). The molecule has 0 aliphatic heterocycles. The van der Waals surface area contributed by atoms with Crippen LogP contribution in [0.3, 0.4) is 0 Å². The quantitative estimate of drug-likeness (QED) is 0.206. The van der Waals surface area contributed by atoms with Crippen molar-refractivity contribution in [3.05, 3.63) is 47.4 Å². The Morgan fingerprint density at radius 2 is 1.67 bits per heavy atom. The van der Waals surface area contributed by atoms with Crippen molar-refractivity contribution < 1.29 is 45.5 Å². The number of rotatable bonds is 6. The molecular formula is C28H30F6N6O4S. The first-order chi connectivity index (χ1) is 20.9. The Kier molecular flexibility index (Phi) is 9.80. The minimum absolute atomic E-state index is 0.111. The standard InChI is InChI=1S/C28H30F6N6O4S/c1-27(2,3)44-26(43)39-24-20(38-23(45-24)19-15(30)6-5-7-16(19)31)22(41)36-18-12-35-40(4)21(18)13-8-10-14(29)17(11-9-13)37-25(42)28(32,33)34/h5-7,12-14,17H,8-11H2,1-4H3,(H,36,41)(H,37,42)(H,39,43). The van der Waals surface area contributed by atoms with E-state index in [2.05, 4.69) is 20.7 Å². The van der Waals surface area contributed by atoms with Crippen LogP contribution in [0.5, 0.6) is 0 Å². The van der Waals surface area contributed by atoms with E-state index in [1.807, 2.05) is 0 Å². The zero-order valence-electron chi connectivity index (χ0n) is 24.5. The molecule has 244 valence electrons. The lowest BCUT2D eigenvalue weighted by Gasteiger charge is -2.20. The monoisotopic (exact) mass is 660 g/mol. The Hall–Kier alpha value is -4.15. The highest BCUT2D eigenvalue weighted by Crippen LogP contribution is 2.39. The first-order valence-corrected chi connectivity index (χ1v) is 14.6. The average Bonchev–Trinajstić information content (AvgIpc) is 3.43. The van der Waals surface area contributed by atoms with Gasteiger partial charge in [-0.1, -0.05) is 17.4 Å². The molecule has 0 radical (unpaired) electrons. The first kappa shape index (κ1) is 33.7. The maximum Gasteiger partial charge on any atom is 0.471 e. The molecule has 3 amide bonds. The molecule has 1 fully saturated rings. The summed E-state index contributed by atoms with van der Waals surface area (Å²) >= 11 is 0.640. The number of ether oxygens (including phenoxy) is 1. The lowest BCUT2D eigenvalue weighted by atomic mass is 9.95. The predicted molar refractivity (Wildman–Crippen MR) is 153 cm³/mol. The third kappa shape index (κ3) is 8.12. The Balaban J connectivity index is 1.61. The molecule has 45 heavy (non-hydrogen) atoms. The van der Waals surface area contributed by atoms with Crippen molar-refractivity contribution in [1.29, 1.82) is 0 Å². The molecule has 1 aromatic carbocycles. The minimum atomic E-state index is -5.16. The number of halogens is 6. The summed E-state index contributed by atoms with van der Waals surface area (Å²) in [5.74, 6) is -5.48. The van der Waals surface area contributed by atoms with Gasteiger partial charge in [0, 0.05) is 13.0 Å². The Morgan fingerprint density at radius 1 is 1.02 bits per heavy atom. The molecule has 17 heteroatoms. The zero-order chi connectivity index (χ0) is 33.3.